The second kappa shape index (κ2) is 7.84. The van der Waals surface area contributed by atoms with Crippen LogP contribution in [0.1, 0.15) is 24.2 Å². The lowest BCUT2D eigenvalue weighted by Crippen LogP contribution is -2.36. The lowest BCUT2D eigenvalue weighted by molar-refractivity contribution is -0.122. The summed E-state index contributed by atoms with van der Waals surface area (Å²) in [6.45, 7) is 7.17. The van der Waals surface area contributed by atoms with Gasteiger partial charge < -0.3 is 15.0 Å². The molecule has 6 nitrogen and oxygen atoms in total. The van der Waals surface area contributed by atoms with Crippen molar-refractivity contribution < 1.29 is 9.53 Å². The average molecular weight is 361 g/mol. The van der Waals surface area contributed by atoms with Gasteiger partial charge in [0.25, 0.3) is 0 Å². The molecule has 0 aliphatic carbocycles. The van der Waals surface area contributed by atoms with E-state index in [0.717, 1.165) is 48.9 Å². The van der Waals surface area contributed by atoms with Crippen molar-refractivity contribution >= 4 is 22.9 Å². The van der Waals surface area contributed by atoms with Crippen LogP contribution in [0.2, 0.25) is 0 Å². The SMILES string of the molecule is Cc1csc(=O)n1CC(=O)NC(C)c1ccc(N2CCOCC2)cc1. The molecule has 1 fully saturated rings. The third-order valence-corrected chi connectivity index (χ3v) is 5.31. The Bertz CT molecular complexity index is 776. The molecule has 0 saturated carbocycles. The van der Waals surface area contributed by atoms with Crippen molar-refractivity contribution in [1.29, 1.82) is 0 Å². The Morgan fingerprint density at radius 3 is 2.56 bits per heavy atom. The molecular weight excluding hydrogens is 338 g/mol. The van der Waals surface area contributed by atoms with Crippen molar-refractivity contribution in [2.24, 2.45) is 0 Å². The molecule has 2 aromatic rings. The summed E-state index contributed by atoms with van der Waals surface area (Å²) in [5, 5.41) is 4.73. The van der Waals surface area contributed by atoms with Crippen LogP contribution in [0.15, 0.2) is 34.4 Å². The zero-order valence-electron chi connectivity index (χ0n) is 14.5. The van der Waals surface area contributed by atoms with Crippen molar-refractivity contribution in [2.75, 3.05) is 31.2 Å². The molecule has 1 aliphatic heterocycles. The van der Waals surface area contributed by atoms with Crippen LogP contribution in [0, 0.1) is 6.92 Å². The first kappa shape index (κ1) is 17.7. The number of nitrogens with zero attached hydrogens (tertiary/aromatic N) is 2. The summed E-state index contributed by atoms with van der Waals surface area (Å²) in [5.74, 6) is -0.159. The number of aryl methyl sites for hydroxylation is 1. The minimum Gasteiger partial charge on any atom is -0.378 e. The minimum absolute atomic E-state index is 0.0599. The van der Waals surface area contributed by atoms with Crippen LogP contribution in [0.4, 0.5) is 5.69 Å². The lowest BCUT2D eigenvalue weighted by atomic mass is 10.1. The molecule has 1 N–H and O–H groups in total. The van der Waals surface area contributed by atoms with Gasteiger partial charge in [-0.1, -0.05) is 23.5 Å². The second-order valence-electron chi connectivity index (χ2n) is 6.21. The maximum atomic E-state index is 12.2. The molecule has 3 rings (SSSR count). The predicted molar refractivity (Wildman–Crippen MR) is 99.3 cm³/mol. The fourth-order valence-corrected chi connectivity index (χ4v) is 3.64. The number of carbonyl (C=O) groups is 1. The first-order chi connectivity index (χ1) is 12.0. The summed E-state index contributed by atoms with van der Waals surface area (Å²) < 4.78 is 6.87. The highest BCUT2D eigenvalue weighted by atomic mass is 32.1. The van der Waals surface area contributed by atoms with Crippen molar-refractivity contribution in [2.45, 2.75) is 26.4 Å². The van der Waals surface area contributed by atoms with Crippen molar-refractivity contribution in [3.63, 3.8) is 0 Å². The largest absolute Gasteiger partial charge is 0.378 e. The number of carbonyl (C=O) groups excluding carboxylic acids is 1. The maximum absolute atomic E-state index is 12.2. The van der Waals surface area contributed by atoms with E-state index >= 15 is 0 Å². The van der Waals surface area contributed by atoms with Gasteiger partial charge in [0.2, 0.25) is 5.91 Å². The number of rotatable bonds is 5. The molecular formula is C18H23N3O3S. The molecule has 0 spiro atoms. The van der Waals surface area contributed by atoms with E-state index in [1.807, 2.05) is 26.0 Å². The Morgan fingerprint density at radius 1 is 1.28 bits per heavy atom. The lowest BCUT2D eigenvalue weighted by Gasteiger charge is -2.29. The van der Waals surface area contributed by atoms with E-state index in [1.54, 1.807) is 5.38 Å². The molecule has 1 aromatic carbocycles. The van der Waals surface area contributed by atoms with Crippen LogP contribution < -0.4 is 15.1 Å². The Balaban J connectivity index is 1.59. The van der Waals surface area contributed by atoms with Gasteiger partial charge in [-0.2, -0.15) is 0 Å². The molecule has 1 atom stereocenters. The van der Waals surface area contributed by atoms with E-state index in [0.29, 0.717) is 0 Å². The molecule has 0 radical (unpaired) electrons. The minimum atomic E-state index is -0.159. The first-order valence-electron chi connectivity index (χ1n) is 8.41. The van der Waals surface area contributed by atoms with E-state index < -0.39 is 0 Å². The zero-order chi connectivity index (χ0) is 17.8. The van der Waals surface area contributed by atoms with E-state index in [9.17, 15) is 9.59 Å². The topological polar surface area (TPSA) is 63.6 Å². The van der Waals surface area contributed by atoms with Gasteiger partial charge in [0, 0.05) is 29.9 Å². The van der Waals surface area contributed by atoms with Gasteiger partial charge in [-0.3, -0.25) is 14.2 Å². The van der Waals surface area contributed by atoms with Gasteiger partial charge in [0.15, 0.2) is 0 Å². The maximum Gasteiger partial charge on any atom is 0.307 e. The Kier molecular flexibility index (Phi) is 5.55. The number of ether oxygens (including phenoxy) is 1. The molecule has 25 heavy (non-hydrogen) atoms. The second-order valence-corrected chi connectivity index (χ2v) is 7.03. The number of benzene rings is 1. The van der Waals surface area contributed by atoms with Gasteiger partial charge >= 0.3 is 4.87 Å². The number of thiazole rings is 1. The average Bonchev–Trinajstić information content (AvgIpc) is 2.94. The molecule has 0 bridgehead atoms. The standard InChI is InChI=1S/C18H23N3O3S/c1-13-12-25-18(23)21(13)11-17(22)19-14(2)15-3-5-16(6-4-15)20-7-9-24-10-8-20/h3-6,12,14H,7-11H2,1-2H3,(H,19,22). The number of morpholine rings is 1. The number of aromatic nitrogens is 1. The highest BCUT2D eigenvalue weighted by Crippen LogP contribution is 2.20. The molecule has 1 unspecified atom stereocenters. The van der Waals surface area contributed by atoms with Crippen LogP contribution >= 0.6 is 11.3 Å². The Labute approximate surface area is 151 Å². The van der Waals surface area contributed by atoms with Crippen molar-refractivity contribution in [3.05, 3.63) is 50.6 Å². The number of hydrogen-bond acceptors (Lipinski definition) is 5. The van der Waals surface area contributed by atoms with Gasteiger partial charge in [-0.05, 0) is 31.5 Å². The number of anilines is 1. The molecule has 1 saturated heterocycles. The fraction of sp³-hybridized carbons (Fsp3) is 0.444. The molecule has 1 aliphatic rings. The van der Waals surface area contributed by atoms with E-state index in [4.69, 9.17) is 4.74 Å². The Hall–Kier alpha value is -2.12. The molecule has 134 valence electrons. The monoisotopic (exact) mass is 361 g/mol. The molecule has 7 heteroatoms. The summed E-state index contributed by atoms with van der Waals surface area (Å²) in [6, 6.07) is 8.13. The smallest absolute Gasteiger partial charge is 0.307 e. The summed E-state index contributed by atoms with van der Waals surface area (Å²) in [5.41, 5.74) is 3.03. The Morgan fingerprint density at radius 2 is 1.96 bits per heavy atom. The summed E-state index contributed by atoms with van der Waals surface area (Å²) in [7, 11) is 0. The van der Waals surface area contributed by atoms with E-state index in [1.165, 1.54) is 10.3 Å². The normalized spacial score (nSPS) is 15.8. The van der Waals surface area contributed by atoms with Crippen LogP contribution in [-0.4, -0.2) is 36.8 Å². The third-order valence-electron chi connectivity index (χ3n) is 4.42. The van der Waals surface area contributed by atoms with Gasteiger partial charge in [0.1, 0.15) is 6.54 Å². The quantitative estimate of drug-likeness (QED) is 0.884. The number of amides is 1. The van der Waals surface area contributed by atoms with E-state index in [2.05, 4.69) is 22.3 Å². The van der Waals surface area contributed by atoms with E-state index in [-0.39, 0.29) is 23.4 Å². The summed E-state index contributed by atoms with van der Waals surface area (Å²) in [6.07, 6.45) is 0. The van der Waals surface area contributed by atoms with Crippen LogP contribution in [-0.2, 0) is 16.1 Å². The zero-order valence-corrected chi connectivity index (χ0v) is 15.3. The summed E-state index contributed by atoms with van der Waals surface area (Å²) in [4.78, 5) is 26.1. The van der Waals surface area contributed by atoms with Gasteiger partial charge in [0.05, 0.1) is 19.3 Å². The van der Waals surface area contributed by atoms with Crippen LogP contribution in [0.5, 0.6) is 0 Å². The molecule has 2 heterocycles. The predicted octanol–water partition coefficient (Wildman–Crippen LogP) is 1.93. The highest BCUT2D eigenvalue weighted by Gasteiger charge is 2.14. The number of hydrogen-bond donors (Lipinski definition) is 1. The first-order valence-corrected chi connectivity index (χ1v) is 9.29. The fourth-order valence-electron chi connectivity index (χ4n) is 2.91. The van der Waals surface area contributed by atoms with Gasteiger partial charge in [-0.15, -0.1) is 0 Å². The van der Waals surface area contributed by atoms with Crippen molar-refractivity contribution in [1.82, 2.24) is 9.88 Å². The van der Waals surface area contributed by atoms with Crippen LogP contribution in [0.25, 0.3) is 0 Å². The van der Waals surface area contributed by atoms with Crippen molar-refractivity contribution in [3.8, 4) is 0 Å². The highest BCUT2D eigenvalue weighted by molar-refractivity contribution is 7.07. The van der Waals surface area contributed by atoms with Gasteiger partial charge in [-0.25, -0.2) is 0 Å². The molecule has 1 aromatic heterocycles. The number of nitrogens with one attached hydrogen (secondary N) is 1. The summed E-state index contributed by atoms with van der Waals surface area (Å²) >= 11 is 1.12. The van der Waals surface area contributed by atoms with Crippen LogP contribution in [0.3, 0.4) is 0 Å². The third kappa shape index (κ3) is 4.29. The molecule has 1 amide bonds.